The van der Waals surface area contributed by atoms with Crippen molar-refractivity contribution in [1.82, 2.24) is 5.32 Å². The first-order valence-corrected chi connectivity index (χ1v) is 13.5. The maximum Gasteiger partial charge on any atom is 0.305 e. The molecular weight excluding hydrogens is 382 g/mol. The average molecular weight is 432 g/mol. The molecule has 3 nitrogen and oxygen atoms in total. The van der Waals surface area contributed by atoms with E-state index in [1.54, 1.807) is 0 Å². The van der Waals surface area contributed by atoms with Gasteiger partial charge in [0.1, 0.15) is 0 Å². The molecule has 0 amide bonds. The Labute approximate surface area is 191 Å². The van der Waals surface area contributed by atoms with Crippen LogP contribution in [-0.2, 0) is 9.53 Å². The molecule has 1 N–H and O–H groups in total. The lowest BCUT2D eigenvalue weighted by atomic mass is 9.44. The van der Waals surface area contributed by atoms with E-state index in [1.807, 2.05) is 0 Å². The summed E-state index contributed by atoms with van der Waals surface area (Å²) in [6.07, 6.45) is 14.4. The molecule has 0 radical (unpaired) electrons. The van der Waals surface area contributed by atoms with Crippen molar-refractivity contribution in [1.29, 1.82) is 0 Å². The normalized spacial score (nSPS) is 45.5. The Morgan fingerprint density at radius 3 is 2.39 bits per heavy atom. The molecule has 0 bridgehead atoms. The summed E-state index contributed by atoms with van der Waals surface area (Å²) in [5.41, 5.74) is 1.07. The monoisotopic (exact) mass is 431 g/mol. The molecule has 4 fully saturated rings. The predicted molar refractivity (Wildman–Crippen MR) is 128 cm³/mol. The van der Waals surface area contributed by atoms with Crippen LogP contribution in [0, 0.1) is 46.3 Å². The number of rotatable bonds is 6. The fourth-order valence-electron chi connectivity index (χ4n) is 9.50. The Bertz CT molecular complexity index is 647. The molecule has 9 atom stereocenters. The number of carbonyl (C=O) groups is 1. The van der Waals surface area contributed by atoms with Crippen LogP contribution in [0.25, 0.3) is 0 Å². The molecule has 178 valence electrons. The van der Waals surface area contributed by atoms with Gasteiger partial charge in [-0.1, -0.05) is 34.6 Å². The molecule has 0 aromatic rings. The van der Waals surface area contributed by atoms with E-state index in [0.29, 0.717) is 29.2 Å². The minimum Gasteiger partial charge on any atom is -0.469 e. The zero-order valence-corrected chi connectivity index (χ0v) is 21.2. The lowest BCUT2D eigenvalue weighted by Gasteiger charge is -2.61. The van der Waals surface area contributed by atoms with Crippen LogP contribution in [0.3, 0.4) is 0 Å². The molecule has 4 rings (SSSR count). The fraction of sp³-hybridized carbons (Fsp3) is 0.964. The number of methoxy groups -OCH3 is 1. The van der Waals surface area contributed by atoms with Gasteiger partial charge in [-0.2, -0.15) is 0 Å². The van der Waals surface area contributed by atoms with E-state index in [9.17, 15) is 4.79 Å². The first kappa shape index (κ1) is 23.6. The van der Waals surface area contributed by atoms with Crippen molar-refractivity contribution >= 4 is 5.97 Å². The fourth-order valence-corrected chi connectivity index (χ4v) is 9.50. The van der Waals surface area contributed by atoms with Crippen LogP contribution in [0.1, 0.15) is 105 Å². The van der Waals surface area contributed by atoms with E-state index in [4.69, 9.17) is 4.74 Å². The van der Waals surface area contributed by atoms with Crippen molar-refractivity contribution in [3.05, 3.63) is 0 Å². The summed E-state index contributed by atoms with van der Waals surface area (Å²) in [4.78, 5) is 11.7. The standard InChI is InChI=1S/C28H49NO2/c1-18(2)29-21-13-15-27(4)20(17-21)8-9-22-24-11-10-23(19(3)7-12-26(30)31-6)28(24,5)16-14-25(22)27/h18-25,29H,7-17H2,1-6H3/t19-,20-,21?,22+,23-,24+,25+,27+,28-/m1/s1. The summed E-state index contributed by atoms with van der Waals surface area (Å²) in [5, 5.41) is 3.86. The number of carbonyl (C=O) groups excluding carboxylic acids is 1. The topological polar surface area (TPSA) is 38.3 Å². The van der Waals surface area contributed by atoms with Crippen LogP contribution >= 0.6 is 0 Å². The summed E-state index contributed by atoms with van der Waals surface area (Å²) in [7, 11) is 1.52. The molecule has 4 aliphatic carbocycles. The third-order valence-electron chi connectivity index (χ3n) is 11.0. The Morgan fingerprint density at radius 1 is 0.968 bits per heavy atom. The van der Waals surface area contributed by atoms with Crippen LogP contribution in [0.15, 0.2) is 0 Å². The van der Waals surface area contributed by atoms with Gasteiger partial charge in [0, 0.05) is 18.5 Å². The van der Waals surface area contributed by atoms with Gasteiger partial charge in [0.05, 0.1) is 7.11 Å². The van der Waals surface area contributed by atoms with Gasteiger partial charge in [0.25, 0.3) is 0 Å². The van der Waals surface area contributed by atoms with E-state index in [0.717, 1.165) is 42.1 Å². The summed E-state index contributed by atoms with van der Waals surface area (Å²) in [5.74, 6) is 5.14. The summed E-state index contributed by atoms with van der Waals surface area (Å²) in [6.45, 7) is 12.3. The number of nitrogens with one attached hydrogen (secondary N) is 1. The smallest absolute Gasteiger partial charge is 0.305 e. The van der Waals surface area contributed by atoms with E-state index in [1.165, 1.54) is 64.9 Å². The minimum atomic E-state index is -0.0379. The molecule has 4 saturated carbocycles. The molecule has 4 aliphatic rings. The zero-order valence-electron chi connectivity index (χ0n) is 21.2. The first-order chi connectivity index (χ1) is 14.7. The van der Waals surface area contributed by atoms with Crippen LogP contribution in [0.4, 0.5) is 0 Å². The molecule has 0 spiro atoms. The summed E-state index contributed by atoms with van der Waals surface area (Å²) < 4.78 is 4.91. The number of ether oxygens (including phenoxy) is 1. The minimum absolute atomic E-state index is 0.0379. The molecule has 3 heteroatoms. The van der Waals surface area contributed by atoms with Crippen LogP contribution < -0.4 is 5.32 Å². The Hall–Kier alpha value is -0.570. The van der Waals surface area contributed by atoms with Crippen molar-refractivity contribution in [2.75, 3.05) is 7.11 Å². The van der Waals surface area contributed by atoms with Gasteiger partial charge in [0.15, 0.2) is 0 Å². The Morgan fingerprint density at radius 2 is 1.68 bits per heavy atom. The highest BCUT2D eigenvalue weighted by Crippen LogP contribution is 2.68. The highest BCUT2D eigenvalue weighted by atomic mass is 16.5. The molecule has 31 heavy (non-hydrogen) atoms. The van der Waals surface area contributed by atoms with E-state index in [-0.39, 0.29) is 5.97 Å². The van der Waals surface area contributed by atoms with E-state index < -0.39 is 0 Å². The quantitative estimate of drug-likeness (QED) is 0.481. The van der Waals surface area contributed by atoms with Crippen molar-refractivity contribution in [3.63, 3.8) is 0 Å². The SMILES string of the molecule is COC(=O)CC[C@@H](C)[C@H]1CC[C@H]2[C@@H]3CC[C@@H]4CC(NC(C)C)CC[C@]4(C)[C@H]3CC[C@]12C. The third-order valence-corrected chi connectivity index (χ3v) is 11.0. The van der Waals surface area contributed by atoms with Crippen LogP contribution in [0.2, 0.25) is 0 Å². The number of hydrogen-bond donors (Lipinski definition) is 1. The lowest BCUT2D eigenvalue weighted by Crippen LogP contribution is -2.55. The van der Waals surface area contributed by atoms with Crippen LogP contribution in [0.5, 0.6) is 0 Å². The van der Waals surface area contributed by atoms with Crippen molar-refractivity contribution in [2.24, 2.45) is 46.3 Å². The molecule has 0 aromatic carbocycles. The Balaban J connectivity index is 1.44. The zero-order chi connectivity index (χ0) is 22.4. The summed E-state index contributed by atoms with van der Waals surface area (Å²) >= 11 is 0. The molecule has 0 saturated heterocycles. The van der Waals surface area contributed by atoms with Gasteiger partial charge in [-0.3, -0.25) is 4.79 Å². The van der Waals surface area contributed by atoms with Gasteiger partial charge in [-0.05, 0) is 111 Å². The Kier molecular flexibility index (Phi) is 6.84. The highest BCUT2D eigenvalue weighted by molar-refractivity contribution is 5.69. The third kappa shape index (κ3) is 4.22. The first-order valence-electron chi connectivity index (χ1n) is 13.5. The molecule has 0 aliphatic heterocycles. The van der Waals surface area contributed by atoms with E-state index in [2.05, 4.69) is 39.9 Å². The van der Waals surface area contributed by atoms with Crippen molar-refractivity contribution in [3.8, 4) is 0 Å². The number of hydrogen-bond acceptors (Lipinski definition) is 3. The lowest BCUT2D eigenvalue weighted by molar-refractivity contribution is -0.141. The molecule has 0 aromatic heterocycles. The largest absolute Gasteiger partial charge is 0.469 e. The van der Waals surface area contributed by atoms with Crippen molar-refractivity contribution < 1.29 is 9.53 Å². The second-order valence-electron chi connectivity index (χ2n) is 12.8. The van der Waals surface area contributed by atoms with Gasteiger partial charge >= 0.3 is 5.97 Å². The van der Waals surface area contributed by atoms with E-state index >= 15 is 0 Å². The van der Waals surface area contributed by atoms with Gasteiger partial charge < -0.3 is 10.1 Å². The van der Waals surface area contributed by atoms with Gasteiger partial charge in [-0.25, -0.2) is 0 Å². The summed E-state index contributed by atoms with van der Waals surface area (Å²) in [6, 6.07) is 1.35. The van der Waals surface area contributed by atoms with Crippen molar-refractivity contribution in [2.45, 2.75) is 117 Å². The maximum absolute atomic E-state index is 11.7. The second-order valence-corrected chi connectivity index (χ2v) is 12.8. The average Bonchev–Trinajstić information content (AvgIpc) is 3.09. The van der Waals surface area contributed by atoms with Crippen LogP contribution in [-0.4, -0.2) is 25.2 Å². The van der Waals surface area contributed by atoms with Gasteiger partial charge in [0.2, 0.25) is 0 Å². The molecule has 1 unspecified atom stereocenters. The second kappa shape index (κ2) is 8.99. The highest BCUT2D eigenvalue weighted by Gasteiger charge is 2.60. The van der Waals surface area contributed by atoms with Gasteiger partial charge in [-0.15, -0.1) is 0 Å². The molecular formula is C28H49NO2. The number of esters is 1. The number of fused-ring (bicyclic) bond motifs is 5. The maximum atomic E-state index is 11.7. The predicted octanol–water partition coefficient (Wildman–Crippen LogP) is 6.60. The molecule has 0 heterocycles.